The largest absolute Gasteiger partial charge is 0.348 e. The second-order valence-electron chi connectivity index (χ2n) is 5.20. The molecule has 3 heterocycles. The molecule has 4 rings (SSSR count). The normalized spacial score (nSPS) is 30.2. The van der Waals surface area contributed by atoms with Crippen molar-refractivity contribution in [3.63, 3.8) is 0 Å². The zero-order valence-electron chi connectivity index (χ0n) is 10.2. The van der Waals surface area contributed by atoms with Crippen LogP contribution in [0.3, 0.4) is 0 Å². The molecule has 3 aliphatic rings. The molecule has 2 bridgehead atoms. The van der Waals surface area contributed by atoms with Crippen LogP contribution >= 0.6 is 22.6 Å². The predicted octanol–water partition coefficient (Wildman–Crippen LogP) is 2.12. The topological polar surface area (TPSA) is 32.3 Å². The van der Waals surface area contributed by atoms with E-state index in [2.05, 4.69) is 32.8 Å². The summed E-state index contributed by atoms with van der Waals surface area (Å²) in [6.45, 7) is 3.44. The summed E-state index contributed by atoms with van der Waals surface area (Å²) in [4.78, 5) is 14.7. The molecule has 0 unspecified atom stereocenters. The maximum Gasteiger partial charge on any atom is 0.252 e. The molecule has 0 spiro atoms. The number of nitrogens with one attached hydrogen (secondary N) is 1. The SMILES string of the molecule is O=C(N[C@@H]1CN2CCC1CC2)c1ccccc1I. The highest BCUT2D eigenvalue weighted by atomic mass is 127. The number of nitrogens with zero attached hydrogens (tertiary/aromatic N) is 1. The molecule has 1 N–H and O–H groups in total. The van der Waals surface area contributed by atoms with Gasteiger partial charge in [0.1, 0.15) is 0 Å². The van der Waals surface area contributed by atoms with E-state index in [4.69, 9.17) is 0 Å². The predicted molar refractivity (Wildman–Crippen MR) is 79.6 cm³/mol. The number of carbonyl (C=O) groups excluding carboxylic acids is 1. The Hall–Kier alpha value is -0.620. The van der Waals surface area contributed by atoms with Crippen molar-refractivity contribution in [2.45, 2.75) is 18.9 Å². The second kappa shape index (κ2) is 5.17. The summed E-state index contributed by atoms with van der Waals surface area (Å²) in [6.07, 6.45) is 2.47. The first-order valence-electron chi connectivity index (χ1n) is 6.52. The van der Waals surface area contributed by atoms with Crippen molar-refractivity contribution in [1.29, 1.82) is 0 Å². The summed E-state index contributed by atoms with van der Waals surface area (Å²) in [7, 11) is 0. The highest BCUT2D eigenvalue weighted by Gasteiger charge is 2.35. The molecule has 4 heteroatoms. The third-order valence-electron chi connectivity index (χ3n) is 4.09. The molecule has 18 heavy (non-hydrogen) atoms. The zero-order chi connectivity index (χ0) is 12.5. The van der Waals surface area contributed by atoms with Gasteiger partial charge in [0.25, 0.3) is 5.91 Å². The Kier molecular flexibility index (Phi) is 3.56. The van der Waals surface area contributed by atoms with Crippen molar-refractivity contribution in [2.24, 2.45) is 5.92 Å². The molecule has 96 valence electrons. The number of amides is 1. The van der Waals surface area contributed by atoms with Crippen LogP contribution in [0.5, 0.6) is 0 Å². The second-order valence-corrected chi connectivity index (χ2v) is 6.36. The Morgan fingerprint density at radius 3 is 2.61 bits per heavy atom. The molecule has 0 saturated carbocycles. The summed E-state index contributed by atoms with van der Waals surface area (Å²) in [5, 5.41) is 3.22. The lowest BCUT2D eigenvalue weighted by Crippen LogP contribution is -2.57. The monoisotopic (exact) mass is 356 g/mol. The molecule has 0 aliphatic carbocycles. The van der Waals surface area contributed by atoms with Gasteiger partial charge in [0.15, 0.2) is 0 Å². The van der Waals surface area contributed by atoms with Gasteiger partial charge in [-0.15, -0.1) is 0 Å². The third-order valence-corrected chi connectivity index (χ3v) is 5.03. The van der Waals surface area contributed by atoms with E-state index in [1.807, 2.05) is 24.3 Å². The maximum absolute atomic E-state index is 12.3. The Labute approximate surface area is 121 Å². The first-order valence-corrected chi connectivity index (χ1v) is 7.59. The molecule has 3 aliphatic heterocycles. The molecule has 3 saturated heterocycles. The Morgan fingerprint density at radius 1 is 1.28 bits per heavy atom. The minimum Gasteiger partial charge on any atom is -0.348 e. The van der Waals surface area contributed by atoms with Gasteiger partial charge < -0.3 is 10.2 Å². The van der Waals surface area contributed by atoms with E-state index in [-0.39, 0.29) is 5.91 Å². The number of hydrogen-bond donors (Lipinski definition) is 1. The van der Waals surface area contributed by atoms with Crippen molar-refractivity contribution >= 4 is 28.5 Å². The number of piperidine rings is 3. The van der Waals surface area contributed by atoms with Gasteiger partial charge in [0, 0.05) is 16.2 Å². The van der Waals surface area contributed by atoms with Crippen LogP contribution in [0.4, 0.5) is 0 Å². The van der Waals surface area contributed by atoms with E-state index in [0.717, 1.165) is 15.7 Å². The van der Waals surface area contributed by atoms with Gasteiger partial charge in [-0.1, -0.05) is 12.1 Å². The molecule has 1 aromatic rings. The zero-order valence-corrected chi connectivity index (χ0v) is 12.4. The first kappa shape index (κ1) is 12.4. The fourth-order valence-electron chi connectivity index (χ4n) is 3.02. The summed E-state index contributed by atoms with van der Waals surface area (Å²) in [6, 6.07) is 8.11. The van der Waals surface area contributed by atoms with Crippen LogP contribution in [0.2, 0.25) is 0 Å². The number of rotatable bonds is 2. The number of benzene rings is 1. The third kappa shape index (κ3) is 2.40. The van der Waals surface area contributed by atoms with E-state index < -0.39 is 0 Å². The number of halogens is 1. The summed E-state index contributed by atoms with van der Waals surface area (Å²) in [5.41, 5.74) is 0.801. The Bertz CT molecular complexity index is 455. The van der Waals surface area contributed by atoms with Gasteiger partial charge in [-0.25, -0.2) is 0 Å². The molecular formula is C14H17IN2O. The van der Waals surface area contributed by atoms with E-state index >= 15 is 0 Å². The molecule has 1 atom stereocenters. The van der Waals surface area contributed by atoms with Crippen LogP contribution in [0.1, 0.15) is 23.2 Å². The molecule has 0 aromatic heterocycles. The van der Waals surface area contributed by atoms with Crippen molar-refractivity contribution in [1.82, 2.24) is 10.2 Å². The summed E-state index contributed by atoms with van der Waals surface area (Å²) >= 11 is 2.22. The molecule has 1 aromatic carbocycles. The minimum atomic E-state index is 0.0822. The van der Waals surface area contributed by atoms with Gasteiger partial charge >= 0.3 is 0 Å². The van der Waals surface area contributed by atoms with Crippen molar-refractivity contribution < 1.29 is 4.79 Å². The minimum absolute atomic E-state index is 0.0822. The Morgan fingerprint density at radius 2 is 2.00 bits per heavy atom. The Balaban J connectivity index is 1.70. The molecule has 1 amide bonds. The number of carbonyl (C=O) groups is 1. The summed E-state index contributed by atoms with van der Waals surface area (Å²) in [5.74, 6) is 0.763. The van der Waals surface area contributed by atoms with Gasteiger partial charge in [-0.2, -0.15) is 0 Å². The van der Waals surface area contributed by atoms with Gasteiger partial charge in [-0.05, 0) is 66.6 Å². The first-order chi connectivity index (χ1) is 8.74. The van der Waals surface area contributed by atoms with Gasteiger partial charge in [0.2, 0.25) is 0 Å². The molecule has 3 fully saturated rings. The number of fused-ring (bicyclic) bond motifs is 3. The average molecular weight is 356 g/mol. The van der Waals surface area contributed by atoms with Crippen LogP contribution in [0.15, 0.2) is 24.3 Å². The van der Waals surface area contributed by atoms with E-state index in [0.29, 0.717) is 12.0 Å². The fraction of sp³-hybridized carbons (Fsp3) is 0.500. The average Bonchev–Trinajstić information content (AvgIpc) is 2.40. The highest BCUT2D eigenvalue weighted by molar-refractivity contribution is 14.1. The molecule has 3 nitrogen and oxygen atoms in total. The van der Waals surface area contributed by atoms with Crippen LogP contribution < -0.4 is 5.32 Å². The van der Waals surface area contributed by atoms with E-state index in [1.54, 1.807) is 0 Å². The van der Waals surface area contributed by atoms with Crippen molar-refractivity contribution in [3.05, 3.63) is 33.4 Å². The quantitative estimate of drug-likeness (QED) is 0.824. The molecular weight excluding hydrogens is 339 g/mol. The van der Waals surface area contributed by atoms with Crippen LogP contribution in [0.25, 0.3) is 0 Å². The summed E-state index contributed by atoms with van der Waals surface area (Å²) < 4.78 is 1.02. The van der Waals surface area contributed by atoms with Crippen LogP contribution in [-0.4, -0.2) is 36.5 Å². The fourth-order valence-corrected chi connectivity index (χ4v) is 3.65. The van der Waals surface area contributed by atoms with Crippen molar-refractivity contribution in [2.75, 3.05) is 19.6 Å². The lowest BCUT2D eigenvalue weighted by Gasteiger charge is -2.44. The van der Waals surface area contributed by atoms with E-state index in [1.165, 1.54) is 25.9 Å². The van der Waals surface area contributed by atoms with Gasteiger partial charge in [0.05, 0.1) is 5.56 Å². The van der Waals surface area contributed by atoms with E-state index in [9.17, 15) is 4.79 Å². The maximum atomic E-state index is 12.3. The van der Waals surface area contributed by atoms with Crippen LogP contribution in [-0.2, 0) is 0 Å². The van der Waals surface area contributed by atoms with Gasteiger partial charge in [-0.3, -0.25) is 4.79 Å². The highest BCUT2D eigenvalue weighted by Crippen LogP contribution is 2.27. The smallest absolute Gasteiger partial charge is 0.252 e. The number of hydrogen-bond acceptors (Lipinski definition) is 2. The lowest BCUT2D eigenvalue weighted by atomic mass is 9.84. The standard InChI is InChI=1S/C14H17IN2O/c15-12-4-2-1-3-11(12)14(18)16-13-9-17-7-5-10(13)6-8-17/h1-4,10,13H,5-9H2,(H,16,18)/t13-/m1/s1. The van der Waals surface area contributed by atoms with Crippen LogP contribution in [0, 0.1) is 9.49 Å². The van der Waals surface area contributed by atoms with Crippen molar-refractivity contribution in [3.8, 4) is 0 Å². The molecule has 0 radical (unpaired) electrons. The lowest BCUT2D eigenvalue weighted by molar-refractivity contribution is 0.0620.